The van der Waals surface area contributed by atoms with Crippen molar-refractivity contribution in [2.45, 2.75) is 6.92 Å². The van der Waals surface area contributed by atoms with Crippen molar-refractivity contribution in [3.63, 3.8) is 0 Å². The summed E-state index contributed by atoms with van der Waals surface area (Å²) >= 11 is 1.54. The molecule has 0 aliphatic heterocycles. The van der Waals surface area contributed by atoms with E-state index in [0.717, 1.165) is 37.8 Å². The molecule has 7 nitrogen and oxygen atoms in total. The Bertz CT molecular complexity index is 1240. The minimum atomic E-state index is 0.654. The van der Waals surface area contributed by atoms with Gasteiger partial charge < -0.3 is 4.74 Å². The largest absolute Gasteiger partial charge is 0.497 e. The third-order valence-corrected chi connectivity index (χ3v) is 4.80. The fourth-order valence-corrected chi connectivity index (χ4v) is 3.49. The first kappa shape index (κ1) is 14.2. The minimum absolute atomic E-state index is 0.654. The molecule has 0 unspecified atom stereocenters. The van der Waals surface area contributed by atoms with Crippen molar-refractivity contribution < 1.29 is 4.74 Å². The van der Waals surface area contributed by atoms with Gasteiger partial charge in [-0.05, 0) is 43.3 Å². The number of aryl methyl sites for hydroxylation is 1. The number of hydrogen-bond donors (Lipinski definition) is 0. The Labute approximate surface area is 145 Å². The monoisotopic (exact) mass is 348 g/mol. The van der Waals surface area contributed by atoms with Crippen LogP contribution in [0.3, 0.4) is 0 Å². The molecule has 25 heavy (non-hydrogen) atoms. The second kappa shape index (κ2) is 5.18. The normalized spacial score (nSPS) is 11.6. The highest BCUT2D eigenvalue weighted by Gasteiger charge is 2.13. The van der Waals surface area contributed by atoms with E-state index in [4.69, 9.17) is 4.74 Å². The van der Waals surface area contributed by atoms with E-state index in [0.29, 0.717) is 11.2 Å². The van der Waals surface area contributed by atoms with Crippen molar-refractivity contribution in [2.75, 3.05) is 7.11 Å². The standard InChI is InChI=1S/C17H12N6OS/c1-9-18-16-17(25-9)19-12-7-8-13-15(14(12)20-16)22-23(21-13)10-3-5-11(24-2)6-4-10/h3-8H,1-2H3. The lowest BCUT2D eigenvalue weighted by Gasteiger charge is -2.01. The van der Waals surface area contributed by atoms with E-state index in [2.05, 4.69) is 25.1 Å². The molecule has 0 spiro atoms. The van der Waals surface area contributed by atoms with E-state index in [1.54, 1.807) is 23.2 Å². The second-order valence-electron chi connectivity index (χ2n) is 5.57. The van der Waals surface area contributed by atoms with Gasteiger partial charge in [0.1, 0.15) is 22.3 Å². The number of ether oxygens (including phenoxy) is 1. The molecule has 0 saturated heterocycles. The summed E-state index contributed by atoms with van der Waals surface area (Å²) in [6.07, 6.45) is 0. The highest BCUT2D eigenvalue weighted by atomic mass is 32.1. The highest BCUT2D eigenvalue weighted by molar-refractivity contribution is 7.18. The third-order valence-electron chi connectivity index (χ3n) is 3.95. The molecule has 0 aliphatic carbocycles. The molecule has 0 amide bonds. The number of thiazole rings is 1. The van der Waals surface area contributed by atoms with Crippen LogP contribution in [0.4, 0.5) is 0 Å². The van der Waals surface area contributed by atoms with Crippen molar-refractivity contribution in [3.8, 4) is 11.4 Å². The van der Waals surface area contributed by atoms with Gasteiger partial charge in [0.05, 0.1) is 23.3 Å². The summed E-state index contributed by atoms with van der Waals surface area (Å²) in [5.41, 5.74) is 4.50. The molecule has 0 saturated carbocycles. The lowest BCUT2D eigenvalue weighted by Crippen LogP contribution is -1.98. The summed E-state index contributed by atoms with van der Waals surface area (Å²) < 4.78 is 5.19. The SMILES string of the molecule is COc1ccc(-n2nc3ccc4nc5sc(C)nc5nc4c3n2)cc1. The Balaban J connectivity index is 1.74. The molecule has 5 rings (SSSR count). The molecular formula is C17H12N6OS. The minimum Gasteiger partial charge on any atom is -0.497 e. The predicted molar refractivity (Wildman–Crippen MR) is 96.4 cm³/mol. The predicted octanol–water partition coefficient (Wildman–Crippen LogP) is 3.29. The van der Waals surface area contributed by atoms with E-state index in [1.165, 1.54) is 0 Å². The van der Waals surface area contributed by atoms with Crippen LogP contribution < -0.4 is 4.74 Å². The maximum Gasteiger partial charge on any atom is 0.190 e. The molecule has 5 aromatic rings. The molecule has 3 heterocycles. The van der Waals surface area contributed by atoms with Gasteiger partial charge in [-0.15, -0.1) is 10.2 Å². The molecule has 3 aromatic heterocycles. The molecule has 0 aliphatic rings. The zero-order valence-electron chi connectivity index (χ0n) is 13.5. The van der Waals surface area contributed by atoms with Crippen LogP contribution in [-0.2, 0) is 0 Å². The average molecular weight is 348 g/mol. The van der Waals surface area contributed by atoms with Gasteiger partial charge in [-0.25, -0.2) is 15.0 Å². The van der Waals surface area contributed by atoms with Crippen molar-refractivity contribution in [3.05, 3.63) is 41.4 Å². The van der Waals surface area contributed by atoms with Gasteiger partial charge in [0.15, 0.2) is 10.5 Å². The molecule has 8 heteroatoms. The van der Waals surface area contributed by atoms with Crippen LogP contribution >= 0.6 is 11.3 Å². The Morgan fingerprint density at radius 3 is 2.48 bits per heavy atom. The lowest BCUT2D eigenvalue weighted by atomic mass is 10.2. The second-order valence-corrected chi connectivity index (χ2v) is 6.76. The van der Waals surface area contributed by atoms with Crippen LogP contribution in [0.25, 0.3) is 38.2 Å². The number of fused-ring (bicyclic) bond motifs is 4. The summed E-state index contributed by atoms with van der Waals surface area (Å²) in [6, 6.07) is 11.4. The summed E-state index contributed by atoms with van der Waals surface area (Å²) in [5.74, 6) is 0.790. The smallest absolute Gasteiger partial charge is 0.190 e. The highest BCUT2D eigenvalue weighted by Crippen LogP contribution is 2.25. The number of aromatic nitrogens is 6. The average Bonchev–Trinajstić information content (AvgIpc) is 3.22. The Morgan fingerprint density at radius 1 is 0.880 bits per heavy atom. The van der Waals surface area contributed by atoms with Crippen LogP contribution in [0.1, 0.15) is 5.01 Å². The summed E-state index contributed by atoms with van der Waals surface area (Å²) in [4.78, 5) is 16.2. The van der Waals surface area contributed by atoms with E-state index < -0.39 is 0 Å². The molecule has 122 valence electrons. The van der Waals surface area contributed by atoms with Crippen LogP contribution in [-0.4, -0.2) is 37.1 Å². The van der Waals surface area contributed by atoms with Crippen LogP contribution in [0.5, 0.6) is 5.75 Å². The first-order chi connectivity index (χ1) is 12.2. The first-order valence-corrected chi connectivity index (χ1v) is 8.48. The maximum absolute atomic E-state index is 5.19. The molecule has 0 radical (unpaired) electrons. The van der Waals surface area contributed by atoms with Crippen molar-refractivity contribution in [1.29, 1.82) is 0 Å². The molecule has 0 fully saturated rings. The van der Waals surface area contributed by atoms with Gasteiger partial charge >= 0.3 is 0 Å². The van der Waals surface area contributed by atoms with Gasteiger partial charge in [0, 0.05) is 0 Å². The maximum atomic E-state index is 5.19. The molecule has 0 N–H and O–H groups in total. The molecular weight excluding hydrogens is 336 g/mol. The topological polar surface area (TPSA) is 78.6 Å². The summed E-state index contributed by atoms with van der Waals surface area (Å²) in [5, 5.41) is 10.1. The third kappa shape index (κ3) is 2.22. The quantitative estimate of drug-likeness (QED) is 0.487. The zero-order valence-corrected chi connectivity index (χ0v) is 14.3. The van der Waals surface area contributed by atoms with Gasteiger partial charge in [-0.2, -0.15) is 4.80 Å². The van der Waals surface area contributed by atoms with E-state index >= 15 is 0 Å². The Kier molecular flexibility index (Phi) is 2.95. The lowest BCUT2D eigenvalue weighted by molar-refractivity contribution is 0.414. The fourth-order valence-electron chi connectivity index (χ4n) is 2.75. The molecule has 2 aromatic carbocycles. The van der Waals surface area contributed by atoms with E-state index in [1.807, 2.05) is 43.3 Å². The van der Waals surface area contributed by atoms with Crippen LogP contribution in [0.15, 0.2) is 36.4 Å². The van der Waals surface area contributed by atoms with Gasteiger partial charge in [-0.3, -0.25) is 0 Å². The number of methoxy groups -OCH3 is 1. The van der Waals surface area contributed by atoms with Gasteiger partial charge in [0.25, 0.3) is 0 Å². The first-order valence-electron chi connectivity index (χ1n) is 7.67. The number of rotatable bonds is 2. The Hall–Kier alpha value is -3.13. The van der Waals surface area contributed by atoms with Crippen LogP contribution in [0, 0.1) is 6.92 Å². The van der Waals surface area contributed by atoms with E-state index in [-0.39, 0.29) is 0 Å². The number of nitrogens with zero attached hydrogens (tertiary/aromatic N) is 6. The zero-order chi connectivity index (χ0) is 17.0. The number of benzene rings is 2. The fraction of sp³-hybridized carbons (Fsp3) is 0.118. The van der Waals surface area contributed by atoms with E-state index in [9.17, 15) is 0 Å². The number of hydrogen-bond acceptors (Lipinski definition) is 7. The summed E-state index contributed by atoms with van der Waals surface area (Å²) in [7, 11) is 1.64. The van der Waals surface area contributed by atoms with Crippen molar-refractivity contribution in [2.24, 2.45) is 0 Å². The van der Waals surface area contributed by atoms with Crippen LogP contribution in [0.2, 0.25) is 0 Å². The summed E-state index contributed by atoms with van der Waals surface area (Å²) in [6.45, 7) is 1.95. The Morgan fingerprint density at radius 2 is 1.68 bits per heavy atom. The van der Waals surface area contributed by atoms with Crippen molar-refractivity contribution >= 4 is 43.9 Å². The molecule has 0 atom stereocenters. The van der Waals surface area contributed by atoms with Gasteiger partial charge in [0.2, 0.25) is 0 Å². The molecule has 0 bridgehead atoms. The van der Waals surface area contributed by atoms with Gasteiger partial charge in [-0.1, -0.05) is 11.3 Å². The van der Waals surface area contributed by atoms with Crippen molar-refractivity contribution in [1.82, 2.24) is 29.9 Å².